The number of benzene rings is 1. The van der Waals surface area contributed by atoms with Crippen molar-refractivity contribution in [2.24, 2.45) is 0 Å². The zero-order chi connectivity index (χ0) is 26.1. The second-order valence-corrected chi connectivity index (χ2v) is 9.00. The molecule has 3 aromatic heterocycles. The van der Waals surface area contributed by atoms with Crippen LogP contribution in [0.4, 0.5) is 4.39 Å². The summed E-state index contributed by atoms with van der Waals surface area (Å²) in [6.07, 6.45) is 4.75. The molecule has 0 saturated heterocycles. The molecule has 1 aliphatic carbocycles. The standard InChI is InChI=1S/C25H23ClFN5O5/c1-35-17-8-5-9-18(36-2)21(17)32-22(13-6-3-4-7-13)29-23(33)20(25(32)34)24-31-30-19(37-24)11-16-15(27)10-14(26)12-28-16/h5,8-10,12-13,33H,3-4,6-7,11H2,1-2H3. The lowest BCUT2D eigenvalue weighted by Crippen LogP contribution is -2.27. The average Bonchev–Trinajstić information content (AvgIpc) is 3.58. The van der Waals surface area contributed by atoms with E-state index in [1.807, 2.05) is 0 Å². The van der Waals surface area contributed by atoms with Gasteiger partial charge in [0, 0.05) is 12.1 Å². The summed E-state index contributed by atoms with van der Waals surface area (Å²) in [5.74, 6) is -0.349. The summed E-state index contributed by atoms with van der Waals surface area (Å²) in [4.78, 5) is 22.4. The maximum absolute atomic E-state index is 14.2. The number of halogens is 2. The second-order valence-electron chi connectivity index (χ2n) is 8.56. The summed E-state index contributed by atoms with van der Waals surface area (Å²) < 4.78 is 32.3. The van der Waals surface area contributed by atoms with Crippen molar-refractivity contribution in [1.29, 1.82) is 0 Å². The largest absolute Gasteiger partial charge is 0.494 e. The Kier molecular flexibility index (Phi) is 6.79. The summed E-state index contributed by atoms with van der Waals surface area (Å²) in [7, 11) is 2.98. The summed E-state index contributed by atoms with van der Waals surface area (Å²) in [6.45, 7) is 0. The van der Waals surface area contributed by atoms with Crippen LogP contribution < -0.4 is 15.0 Å². The topological polar surface area (TPSA) is 125 Å². The minimum Gasteiger partial charge on any atom is -0.494 e. The Bertz CT molecular complexity index is 1490. The zero-order valence-corrected chi connectivity index (χ0v) is 20.8. The normalized spacial score (nSPS) is 13.7. The monoisotopic (exact) mass is 527 g/mol. The molecule has 1 aromatic carbocycles. The number of hydrogen-bond donors (Lipinski definition) is 1. The third-order valence-corrected chi connectivity index (χ3v) is 6.53. The Hall–Kier alpha value is -3.99. The van der Waals surface area contributed by atoms with Crippen LogP contribution in [0.2, 0.25) is 5.02 Å². The first-order chi connectivity index (χ1) is 17.9. The molecule has 12 heteroatoms. The van der Waals surface area contributed by atoms with Crippen LogP contribution in [0.1, 0.15) is 49.0 Å². The SMILES string of the molecule is COc1cccc(OC)c1-n1c(C2CCCC2)nc(O)c(-c2nnc(Cc3ncc(Cl)cc3F)o2)c1=O. The molecular formula is C25H23ClFN5O5. The van der Waals surface area contributed by atoms with Gasteiger partial charge in [-0.05, 0) is 31.0 Å². The highest BCUT2D eigenvalue weighted by Crippen LogP contribution is 2.39. The Labute approximate surface area is 215 Å². The Balaban J connectivity index is 1.66. The third-order valence-electron chi connectivity index (χ3n) is 6.32. The number of nitrogens with zero attached hydrogens (tertiary/aromatic N) is 5. The highest BCUT2D eigenvalue weighted by molar-refractivity contribution is 6.30. The van der Waals surface area contributed by atoms with Crippen molar-refractivity contribution < 1.29 is 23.4 Å². The van der Waals surface area contributed by atoms with Gasteiger partial charge in [0.15, 0.2) is 5.56 Å². The molecule has 0 bridgehead atoms. The molecule has 0 amide bonds. The molecule has 0 unspecified atom stereocenters. The first-order valence-corrected chi connectivity index (χ1v) is 12.0. The van der Waals surface area contributed by atoms with E-state index in [2.05, 4.69) is 20.2 Å². The third kappa shape index (κ3) is 4.62. The van der Waals surface area contributed by atoms with Gasteiger partial charge in [0.05, 0.1) is 31.4 Å². The van der Waals surface area contributed by atoms with Crippen molar-refractivity contribution in [3.8, 4) is 34.5 Å². The number of methoxy groups -OCH3 is 2. The molecule has 1 N–H and O–H groups in total. The van der Waals surface area contributed by atoms with Gasteiger partial charge in [-0.3, -0.25) is 14.3 Å². The first kappa shape index (κ1) is 24.7. The second kappa shape index (κ2) is 10.2. The molecule has 10 nitrogen and oxygen atoms in total. The van der Waals surface area contributed by atoms with Gasteiger partial charge in [-0.2, -0.15) is 4.98 Å². The fourth-order valence-corrected chi connectivity index (χ4v) is 4.73. The van der Waals surface area contributed by atoms with Gasteiger partial charge in [-0.15, -0.1) is 10.2 Å². The number of hydrogen-bond acceptors (Lipinski definition) is 9. The van der Waals surface area contributed by atoms with Crippen LogP contribution in [0, 0.1) is 5.82 Å². The minimum atomic E-state index is -0.636. The van der Waals surface area contributed by atoms with Crippen molar-refractivity contribution in [3.63, 3.8) is 0 Å². The lowest BCUT2D eigenvalue weighted by molar-refractivity contribution is 0.387. The van der Waals surface area contributed by atoms with Gasteiger partial charge in [0.2, 0.25) is 11.8 Å². The van der Waals surface area contributed by atoms with Crippen LogP contribution in [0.5, 0.6) is 17.4 Å². The molecule has 0 atom stereocenters. The van der Waals surface area contributed by atoms with Crippen molar-refractivity contribution in [3.05, 3.63) is 69.1 Å². The lowest BCUT2D eigenvalue weighted by atomic mass is 10.1. The lowest BCUT2D eigenvalue weighted by Gasteiger charge is -2.21. The number of ether oxygens (including phenoxy) is 2. The molecule has 0 aliphatic heterocycles. The quantitative estimate of drug-likeness (QED) is 0.371. The minimum absolute atomic E-state index is 0.0104. The van der Waals surface area contributed by atoms with E-state index in [4.69, 9.17) is 25.5 Å². The van der Waals surface area contributed by atoms with Crippen molar-refractivity contribution in [2.75, 3.05) is 14.2 Å². The molecule has 3 heterocycles. The van der Waals surface area contributed by atoms with E-state index >= 15 is 0 Å². The van der Waals surface area contributed by atoms with Gasteiger partial charge in [0.1, 0.15) is 28.8 Å². The number of rotatable bonds is 7. The molecule has 1 fully saturated rings. The summed E-state index contributed by atoms with van der Waals surface area (Å²) in [6, 6.07) is 6.27. The first-order valence-electron chi connectivity index (χ1n) is 11.6. The molecule has 4 aromatic rings. The molecule has 0 radical (unpaired) electrons. The van der Waals surface area contributed by atoms with Crippen molar-refractivity contribution >= 4 is 11.6 Å². The molecule has 192 valence electrons. The zero-order valence-electron chi connectivity index (χ0n) is 20.1. The van der Waals surface area contributed by atoms with E-state index < -0.39 is 17.3 Å². The van der Waals surface area contributed by atoms with E-state index in [0.717, 1.165) is 31.7 Å². The summed E-state index contributed by atoms with van der Waals surface area (Å²) in [5, 5.41) is 18.9. The van der Waals surface area contributed by atoms with Crippen LogP contribution in [-0.2, 0) is 6.42 Å². The van der Waals surface area contributed by atoms with Gasteiger partial charge in [0.25, 0.3) is 11.4 Å². The number of para-hydroxylation sites is 1. The predicted octanol–water partition coefficient (Wildman–Crippen LogP) is 4.44. The smallest absolute Gasteiger partial charge is 0.275 e. The molecule has 1 aliphatic rings. The van der Waals surface area contributed by atoms with Crippen molar-refractivity contribution in [1.82, 2.24) is 24.7 Å². The average molecular weight is 528 g/mol. The van der Waals surface area contributed by atoms with Crippen LogP contribution in [0.15, 0.2) is 39.7 Å². The number of aromatic hydroxyl groups is 1. The molecule has 5 rings (SSSR count). The fourth-order valence-electron chi connectivity index (χ4n) is 4.58. The highest BCUT2D eigenvalue weighted by atomic mass is 35.5. The Morgan fingerprint density at radius 1 is 1.19 bits per heavy atom. The molecule has 1 saturated carbocycles. The summed E-state index contributed by atoms with van der Waals surface area (Å²) >= 11 is 5.76. The van der Waals surface area contributed by atoms with Gasteiger partial charge in [-0.25, -0.2) is 4.39 Å². The predicted molar refractivity (Wildman–Crippen MR) is 131 cm³/mol. The van der Waals surface area contributed by atoms with E-state index in [0.29, 0.717) is 23.0 Å². The van der Waals surface area contributed by atoms with E-state index in [-0.39, 0.29) is 40.4 Å². The maximum atomic E-state index is 14.2. The van der Waals surface area contributed by atoms with Crippen molar-refractivity contribution in [2.45, 2.75) is 38.0 Å². The van der Waals surface area contributed by atoms with Gasteiger partial charge < -0.3 is 19.0 Å². The number of pyridine rings is 1. The number of aromatic nitrogens is 5. The van der Waals surface area contributed by atoms with E-state index in [9.17, 15) is 14.3 Å². The fraction of sp³-hybridized carbons (Fsp3) is 0.320. The molecule has 37 heavy (non-hydrogen) atoms. The highest BCUT2D eigenvalue weighted by Gasteiger charge is 2.31. The van der Waals surface area contributed by atoms with Crippen LogP contribution in [0.25, 0.3) is 17.1 Å². The Morgan fingerprint density at radius 3 is 2.54 bits per heavy atom. The molecular weight excluding hydrogens is 505 g/mol. The van der Waals surface area contributed by atoms with Crippen LogP contribution >= 0.6 is 11.6 Å². The Morgan fingerprint density at radius 2 is 1.89 bits per heavy atom. The van der Waals surface area contributed by atoms with E-state index in [1.165, 1.54) is 25.0 Å². The maximum Gasteiger partial charge on any atom is 0.275 e. The van der Waals surface area contributed by atoms with Gasteiger partial charge >= 0.3 is 0 Å². The van der Waals surface area contributed by atoms with Gasteiger partial charge in [-0.1, -0.05) is 30.5 Å². The molecule has 0 spiro atoms. The van der Waals surface area contributed by atoms with Crippen LogP contribution in [0.3, 0.4) is 0 Å². The summed E-state index contributed by atoms with van der Waals surface area (Å²) in [5.41, 5.74) is -0.545. The van der Waals surface area contributed by atoms with E-state index in [1.54, 1.807) is 18.2 Å². The van der Waals surface area contributed by atoms with Crippen LogP contribution in [-0.4, -0.2) is 44.1 Å².